The standard InChI is InChI=1S/C17H21N3O/c1-11-5-4-6-16(13(11)3)19-10-15-8-7-14(9-12(15)2)17(18)20-21/h4-9,19,21H,10H2,1-3H3,(H2,18,20). The van der Waals surface area contributed by atoms with Crippen LogP contribution < -0.4 is 11.1 Å². The number of nitrogens with two attached hydrogens (primary N) is 1. The zero-order chi connectivity index (χ0) is 15.4. The Morgan fingerprint density at radius 1 is 1.14 bits per heavy atom. The molecule has 0 unspecified atom stereocenters. The lowest BCUT2D eigenvalue weighted by molar-refractivity contribution is 0.318. The first-order valence-electron chi connectivity index (χ1n) is 6.90. The van der Waals surface area contributed by atoms with Crippen LogP contribution in [0.4, 0.5) is 5.69 Å². The Kier molecular flexibility index (Phi) is 4.48. The maximum atomic E-state index is 8.71. The molecule has 0 saturated heterocycles. The fourth-order valence-electron chi connectivity index (χ4n) is 2.24. The summed E-state index contributed by atoms with van der Waals surface area (Å²) in [6, 6.07) is 12.0. The molecule has 0 spiro atoms. The topological polar surface area (TPSA) is 70.6 Å². The van der Waals surface area contributed by atoms with E-state index < -0.39 is 0 Å². The van der Waals surface area contributed by atoms with Crippen LogP contribution in [0.25, 0.3) is 0 Å². The average molecular weight is 283 g/mol. The summed E-state index contributed by atoms with van der Waals surface area (Å²) in [6.45, 7) is 6.99. The van der Waals surface area contributed by atoms with Crippen molar-refractivity contribution in [2.75, 3.05) is 5.32 Å². The molecule has 2 aromatic carbocycles. The number of amidine groups is 1. The summed E-state index contributed by atoms with van der Waals surface area (Å²) >= 11 is 0. The van der Waals surface area contributed by atoms with Crippen molar-refractivity contribution in [3.05, 3.63) is 64.2 Å². The predicted molar refractivity (Wildman–Crippen MR) is 86.9 cm³/mol. The maximum absolute atomic E-state index is 8.71. The fraction of sp³-hybridized carbons (Fsp3) is 0.235. The van der Waals surface area contributed by atoms with E-state index in [0.29, 0.717) is 0 Å². The van der Waals surface area contributed by atoms with Gasteiger partial charge in [0.1, 0.15) is 0 Å². The van der Waals surface area contributed by atoms with Gasteiger partial charge in [0.25, 0.3) is 0 Å². The van der Waals surface area contributed by atoms with Gasteiger partial charge >= 0.3 is 0 Å². The van der Waals surface area contributed by atoms with Crippen molar-refractivity contribution in [1.29, 1.82) is 0 Å². The van der Waals surface area contributed by atoms with Gasteiger partial charge in [0.15, 0.2) is 5.84 Å². The molecule has 0 radical (unpaired) electrons. The van der Waals surface area contributed by atoms with E-state index in [1.165, 1.54) is 16.7 Å². The molecule has 4 N–H and O–H groups in total. The second-order valence-electron chi connectivity index (χ2n) is 5.23. The molecule has 0 heterocycles. The molecule has 4 heteroatoms. The molecule has 0 saturated carbocycles. The van der Waals surface area contributed by atoms with Crippen molar-refractivity contribution in [1.82, 2.24) is 0 Å². The second-order valence-corrected chi connectivity index (χ2v) is 5.23. The summed E-state index contributed by atoms with van der Waals surface area (Å²) in [6.07, 6.45) is 0. The van der Waals surface area contributed by atoms with Crippen LogP contribution in [-0.2, 0) is 6.54 Å². The maximum Gasteiger partial charge on any atom is 0.170 e. The molecule has 4 nitrogen and oxygen atoms in total. The van der Waals surface area contributed by atoms with Gasteiger partial charge in [-0.3, -0.25) is 0 Å². The molecule has 0 aliphatic rings. The SMILES string of the molecule is Cc1cc(/C(N)=N/O)ccc1CNc1cccc(C)c1C. The molecule has 2 aromatic rings. The highest BCUT2D eigenvalue weighted by molar-refractivity contribution is 5.97. The normalized spacial score (nSPS) is 11.5. The van der Waals surface area contributed by atoms with Gasteiger partial charge in [0.2, 0.25) is 0 Å². The smallest absolute Gasteiger partial charge is 0.170 e. The largest absolute Gasteiger partial charge is 0.409 e. The van der Waals surface area contributed by atoms with E-state index in [-0.39, 0.29) is 5.84 Å². The van der Waals surface area contributed by atoms with Gasteiger partial charge in [-0.2, -0.15) is 0 Å². The molecule has 0 atom stereocenters. The number of aryl methyl sites for hydroxylation is 2. The van der Waals surface area contributed by atoms with Gasteiger partial charge < -0.3 is 16.3 Å². The Hall–Kier alpha value is -2.49. The predicted octanol–water partition coefficient (Wildman–Crippen LogP) is 3.32. The Bertz CT molecular complexity index is 678. The molecular weight excluding hydrogens is 262 g/mol. The highest BCUT2D eigenvalue weighted by atomic mass is 16.4. The van der Waals surface area contributed by atoms with Crippen LogP contribution in [0, 0.1) is 20.8 Å². The third-order valence-corrected chi connectivity index (χ3v) is 3.82. The Morgan fingerprint density at radius 2 is 1.90 bits per heavy atom. The van der Waals surface area contributed by atoms with Crippen LogP contribution in [-0.4, -0.2) is 11.0 Å². The van der Waals surface area contributed by atoms with E-state index in [1.54, 1.807) is 0 Å². The lowest BCUT2D eigenvalue weighted by Crippen LogP contribution is -2.13. The monoisotopic (exact) mass is 283 g/mol. The molecule has 0 aliphatic heterocycles. The van der Waals surface area contributed by atoms with Gasteiger partial charge in [-0.15, -0.1) is 0 Å². The average Bonchev–Trinajstić information content (AvgIpc) is 2.49. The number of oxime groups is 1. The summed E-state index contributed by atoms with van der Waals surface area (Å²) in [4.78, 5) is 0. The van der Waals surface area contributed by atoms with Crippen LogP contribution in [0.2, 0.25) is 0 Å². The second kappa shape index (κ2) is 6.31. The summed E-state index contributed by atoms with van der Waals surface area (Å²) in [7, 11) is 0. The van der Waals surface area contributed by atoms with Crippen LogP contribution in [0.15, 0.2) is 41.6 Å². The first-order chi connectivity index (χ1) is 10.0. The first-order valence-corrected chi connectivity index (χ1v) is 6.90. The summed E-state index contributed by atoms with van der Waals surface area (Å²) < 4.78 is 0. The molecule has 21 heavy (non-hydrogen) atoms. The lowest BCUT2D eigenvalue weighted by Gasteiger charge is -2.13. The molecular formula is C17H21N3O. The van der Waals surface area contributed by atoms with Crippen molar-refractivity contribution >= 4 is 11.5 Å². The van der Waals surface area contributed by atoms with Crippen molar-refractivity contribution in [3.63, 3.8) is 0 Å². The number of hydrogen-bond acceptors (Lipinski definition) is 3. The summed E-state index contributed by atoms with van der Waals surface area (Å²) in [5.41, 5.74) is 12.3. The Morgan fingerprint density at radius 3 is 2.57 bits per heavy atom. The number of hydrogen-bond donors (Lipinski definition) is 3. The van der Waals surface area contributed by atoms with E-state index in [1.807, 2.05) is 25.1 Å². The number of rotatable bonds is 4. The minimum Gasteiger partial charge on any atom is -0.409 e. The van der Waals surface area contributed by atoms with Crippen molar-refractivity contribution < 1.29 is 5.21 Å². The summed E-state index contributed by atoms with van der Waals surface area (Å²) in [5, 5.41) is 15.2. The van der Waals surface area contributed by atoms with Gasteiger partial charge in [-0.1, -0.05) is 29.4 Å². The van der Waals surface area contributed by atoms with Gasteiger partial charge in [-0.05, 0) is 55.2 Å². The Labute approximate surface area is 125 Å². The van der Waals surface area contributed by atoms with Crippen LogP contribution in [0.1, 0.15) is 27.8 Å². The van der Waals surface area contributed by atoms with Gasteiger partial charge in [0.05, 0.1) is 0 Å². The molecule has 0 amide bonds. The highest BCUT2D eigenvalue weighted by Gasteiger charge is 2.05. The zero-order valence-electron chi connectivity index (χ0n) is 12.6. The number of nitrogens with zero attached hydrogens (tertiary/aromatic N) is 1. The minimum atomic E-state index is 0.132. The quantitative estimate of drug-likeness (QED) is 0.349. The molecule has 0 fully saturated rings. The first kappa shape index (κ1) is 14.9. The zero-order valence-corrected chi connectivity index (χ0v) is 12.6. The van der Waals surface area contributed by atoms with Crippen LogP contribution in [0.5, 0.6) is 0 Å². The molecule has 0 aliphatic carbocycles. The number of nitrogens with one attached hydrogen (secondary N) is 1. The van der Waals surface area contributed by atoms with E-state index in [4.69, 9.17) is 10.9 Å². The number of benzene rings is 2. The number of anilines is 1. The van der Waals surface area contributed by atoms with Crippen LogP contribution >= 0.6 is 0 Å². The third kappa shape index (κ3) is 3.34. The van der Waals surface area contributed by atoms with Gasteiger partial charge in [0, 0.05) is 17.8 Å². The van der Waals surface area contributed by atoms with Crippen molar-refractivity contribution in [3.8, 4) is 0 Å². The highest BCUT2D eigenvalue weighted by Crippen LogP contribution is 2.20. The molecule has 0 bridgehead atoms. The molecule has 2 rings (SSSR count). The molecule has 110 valence electrons. The van der Waals surface area contributed by atoms with Crippen molar-refractivity contribution in [2.45, 2.75) is 27.3 Å². The Balaban J connectivity index is 2.15. The minimum absolute atomic E-state index is 0.132. The van der Waals surface area contributed by atoms with E-state index in [2.05, 4.69) is 42.5 Å². The van der Waals surface area contributed by atoms with E-state index in [9.17, 15) is 0 Å². The van der Waals surface area contributed by atoms with E-state index in [0.717, 1.165) is 23.4 Å². The fourth-order valence-corrected chi connectivity index (χ4v) is 2.24. The van der Waals surface area contributed by atoms with Crippen LogP contribution in [0.3, 0.4) is 0 Å². The van der Waals surface area contributed by atoms with E-state index >= 15 is 0 Å². The molecule has 0 aromatic heterocycles. The van der Waals surface area contributed by atoms with Gasteiger partial charge in [-0.25, -0.2) is 0 Å². The summed E-state index contributed by atoms with van der Waals surface area (Å²) in [5.74, 6) is 0.132. The van der Waals surface area contributed by atoms with Crippen molar-refractivity contribution in [2.24, 2.45) is 10.9 Å². The third-order valence-electron chi connectivity index (χ3n) is 3.82. The lowest BCUT2D eigenvalue weighted by atomic mass is 10.0.